The Balaban J connectivity index is 0.000000252. The molecule has 0 atom stereocenters. The number of nitrogens with zero attached hydrogens (tertiary/aromatic N) is 4. The number of carboxylic acids is 1. The Kier molecular flexibility index (Phi) is 8.76. The van der Waals surface area contributed by atoms with E-state index in [2.05, 4.69) is 14.9 Å². The number of hydrogen-bond acceptors (Lipinski definition) is 6. The van der Waals surface area contributed by atoms with E-state index in [1.54, 1.807) is 21.6 Å². The van der Waals surface area contributed by atoms with Crippen LogP contribution in [0.3, 0.4) is 0 Å². The number of aromatic carboxylic acids is 1. The standard InChI is InChI=1S/C9H12N2O2.C8H10N2O2.Li.H2O/c1-13-9(12)8-4-5-10-11(8)6-7-2-3-7;11-8(12)7-3-4-9-10(7)5-6-1-2-6;;/h4-5,7H,2-3,6H2,1H3;3-4,6H,1-2,5H2,(H,11,12);;1H2/q;;+1;/p-1. The molecule has 0 saturated heterocycles. The number of carboxylic acid groups (broad SMARTS) is 1. The SMILES string of the molecule is COC(=O)c1ccnn1CC1CC1.O=C(O)c1ccnn1CC1CC1.[Li+].[OH-]. The first-order valence-corrected chi connectivity index (χ1v) is 8.43. The molecular formula is C17H23LiN4O5. The number of carbonyl (C=O) groups excluding carboxylic acids is 1. The minimum atomic E-state index is -0.895. The van der Waals surface area contributed by atoms with Crippen molar-refractivity contribution in [3.05, 3.63) is 35.9 Å². The number of ether oxygens (including phenoxy) is 1. The zero-order valence-corrected chi connectivity index (χ0v) is 15.6. The van der Waals surface area contributed by atoms with Gasteiger partial charge in [-0.1, -0.05) is 0 Å². The van der Waals surface area contributed by atoms with Crippen LogP contribution in [-0.4, -0.2) is 49.2 Å². The molecule has 0 radical (unpaired) electrons. The van der Waals surface area contributed by atoms with E-state index in [-0.39, 0.29) is 30.3 Å². The fourth-order valence-corrected chi connectivity index (χ4v) is 2.51. The Morgan fingerprint density at radius 3 is 1.89 bits per heavy atom. The van der Waals surface area contributed by atoms with E-state index in [0.717, 1.165) is 13.1 Å². The maximum atomic E-state index is 11.2. The second-order valence-electron chi connectivity index (χ2n) is 6.48. The zero-order chi connectivity index (χ0) is 17.8. The van der Waals surface area contributed by atoms with Gasteiger partial charge in [-0.05, 0) is 49.7 Å². The third kappa shape index (κ3) is 6.54. The van der Waals surface area contributed by atoms with Crippen LogP contribution in [0.5, 0.6) is 0 Å². The molecule has 2 aliphatic carbocycles. The van der Waals surface area contributed by atoms with E-state index in [9.17, 15) is 9.59 Å². The van der Waals surface area contributed by atoms with Crippen molar-refractivity contribution < 1.29 is 43.8 Å². The summed E-state index contributed by atoms with van der Waals surface area (Å²) in [5.74, 6) is 0.164. The van der Waals surface area contributed by atoms with Crippen molar-refractivity contribution in [2.45, 2.75) is 38.8 Å². The predicted octanol–water partition coefficient (Wildman–Crippen LogP) is -1.10. The maximum absolute atomic E-state index is 11.2. The van der Waals surface area contributed by atoms with Crippen molar-refractivity contribution in [1.29, 1.82) is 0 Å². The van der Waals surface area contributed by atoms with Gasteiger partial charge in [-0.25, -0.2) is 9.59 Å². The Morgan fingerprint density at radius 2 is 1.48 bits per heavy atom. The van der Waals surface area contributed by atoms with Crippen LogP contribution >= 0.6 is 0 Å². The van der Waals surface area contributed by atoms with Crippen molar-refractivity contribution in [1.82, 2.24) is 19.6 Å². The third-order valence-electron chi connectivity index (χ3n) is 4.30. The summed E-state index contributed by atoms with van der Waals surface area (Å²) in [5, 5.41) is 16.8. The van der Waals surface area contributed by atoms with Crippen molar-refractivity contribution in [2.24, 2.45) is 11.8 Å². The monoisotopic (exact) mass is 370 g/mol. The van der Waals surface area contributed by atoms with Crippen molar-refractivity contribution >= 4 is 11.9 Å². The summed E-state index contributed by atoms with van der Waals surface area (Å²) >= 11 is 0. The first-order chi connectivity index (χ1) is 12.1. The van der Waals surface area contributed by atoms with Gasteiger partial charge in [0.05, 0.1) is 7.11 Å². The largest absolute Gasteiger partial charge is 1.00 e. The summed E-state index contributed by atoms with van der Waals surface area (Å²) in [7, 11) is 1.39. The summed E-state index contributed by atoms with van der Waals surface area (Å²) < 4.78 is 7.93. The minimum Gasteiger partial charge on any atom is -0.870 e. The average Bonchev–Trinajstić information content (AvgIpc) is 3.48. The average molecular weight is 370 g/mol. The van der Waals surface area contributed by atoms with Gasteiger partial charge in [0, 0.05) is 25.5 Å². The van der Waals surface area contributed by atoms with Crippen LogP contribution in [0.1, 0.15) is 46.7 Å². The summed E-state index contributed by atoms with van der Waals surface area (Å²) in [5.41, 5.74) is 0.844. The van der Waals surface area contributed by atoms with Crippen LogP contribution in [-0.2, 0) is 17.8 Å². The molecule has 2 heterocycles. The van der Waals surface area contributed by atoms with E-state index in [4.69, 9.17) is 5.11 Å². The summed E-state index contributed by atoms with van der Waals surface area (Å²) in [4.78, 5) is 21.8. The molecule has 0 aliphatic heterocycles. The zero-order valence-electron chi connectivity index (χ0n) is 15.6. The summed E-state index contributed by atoms with van der Waals surface area (Å²) in [6.45, 7) is 1.60. The van der Waals surface area contributed by atoms with E-state index < -0.39 is 5.97 Å². The van der Waals surface area contributed by atoms with Crippen molar-refractivity contribution in [3.63, 3.8) is 0 Å². The van der Waals surface area contributed by atoms with E-state index >= 15 is 0 Å². The Bertz CT molecular complexity index is 752. The molecular weight excluding hydrogens is 347 g/mol. The topological polar surface area (TPSA) is 129 Å². The predicted molar refractivity (Wildman–Crippen MR) is 90.1 cm³/mol. The second kappa shape index (κ2) is 10.3. The van der Waals surface area contributed by atoms with Crippen LogP contribution in [0, 0.1) is 11.8 Å². The minimum absolute atomic E-state index is 0. The Morgan fingerprint density at radius 1 is 1.04 bits per heavy atom. The molecule has 0 bridgehead atoms. The van der Waals surface area contributed by atoms with Gasteiger partial charge in [0.1, 0.15) is 11.4 Å². The number of methoxy groups -OCH3 is 1. The molecule has 0 spiro atoms. The van der Waals surface area contributed by atoms with Gasteiger partial charge in [-0.3, -0.25) is 9.36 Å². The molecule has 9 nitrogen and oxygen atoms in total. The van der Waals surface area contributed by atoms with Crippen LogP contribution in [0.4, 0.5) is 0 Å². The normalized spacial score (nSPS) is 14.9. The molecule has 2 saturated carbocycles. The van der Waals surface area contributed by atoms with Gasteiger partial charge in [-0.15, -0.1) is 0 Å². The van der Waals surface area contributed by atoms with Crippen molar-refractivity contribution in [2.75, 3.05) is 7.11 Å². The molecule has 2 aromatic rings. The quantitative estimate of drug-likeness (QED) is 0.504. The van der Waals surface area contributed by atoms with Crippen molar-refractivity contribution in [3.8, 4) is 0 Å². The number of esters is 1. The molecule has 0 unspecified atom stereocenters. The molecule has 2 N–H and O–H groups in total. The molecule has 4 rings (SSSR count). The van der Waals surface area contributed by atoms with E-state index in [1.807, 2.05) is 0 Å². The molecule has 10 heteroatoms. The van der Waals surface area contributed by atoms with E-state index in [1.165, 1.54) is 45.1 Å². The first kappa shape index (κ1) is 23.0. The molecule has 0 amide bonds. The van der Waals surface area contributed by atoms with Gasteiger partial charge in [0.2, 0.25) is 0 Å². The molecule has 2 aromatic heterocycles. The number of rotatable bonds is 6. The second-order valence-corrected chi connectivity index (χ2v) is 6.48. The van der Waals surface area contributed by atoms with Crippen LogP contribution < -0.4 is 18.9 Å². The summed E-state index contributed by atoms with van der Waals surface area (Å²) in [6, 6.07) is 3.22. The number of hydrogen-bond donors (Lipinski definition) is 1. The number of aromatic nitrogens is 4. The maximum Gasteiger partial charge on any atom is 1.00 e. The molecule has 0 aromatic carbocycles. The van der Waals surface area contributed by atoms with Gasteiger partial charge in [-0.2, -0.15) is 10.2 Å². The fourth-order valence-electron chi connectivity index (χ4n) is 2.51. The van der Waals surface area contributed by atoms with Gasteiger partial charge < -0.3 is 15.3 Å². The van der Waals surface area contributed by atoms with Crippen LogP contribution in [0.2, 0.25) is 0 Å². The Hall–Kier alpha value is -2.08. The fraction of sp³-hybridized carbons (Fsp3) is 0.529. The Labute approximate surface area is 169 Å². The summed E-state index contributed by atoms with van der Waals surface area (Å²) in [6.07, 6.45) is 8.08. The first-order valence-electron chi connectivity index (χ1n) is 8.43. The van der Waals surface area contributed by atoms with Gasteiger partial charge in [0.15, 0.2) is 0 Å². The molecule has 27 heavy (non-hydrogen) atoms. The number of carbonyl (C=O) groups is 2. The van der Waals surface area contributed by atoms with Gasteiger partial charge >= 0.3 is 30.8 Å². The molecule has 2 fully saturated rings. The molecule has 2 aliphatic rings. The van der Waals surface area contributed by atoms with Crippen LogP contribution in [0.25, 0.3) is 0 Å². The molecule has 142 valence electrons. The smallest absolute Gasteiger partial charge is 0.870 e. The van der Waals surface area contributed by atoms with E-state index in [0.29, 0.717) is 23.2 Å². The third-order valence-corrected chi connectivity index (χ3v) is 4.30. The van der Waals surface area contributed by atoms with Crippen LogP contribution in [0.15, 0.2) is 24.5 Å². The van der Waals surface area contributed by atoms with Gasteiger partial charge in [0.25, 0.3) is 0 Å².